The van der Waals surface area contributed by atoms with Gasteiger partial charge in [-0.3, -0.25) is 15.1 Å². The van der Waals surface area contributed by atoms with Crippen LogP contribution in [0.1, 0.15) is 11.3 Å². The Labute approximate surface area is 116 Å². The second-order valence-electron chi connectivity index (χ2n) is 4.19. The molecule has 1 aromatic carbocycles. The van der Waals surface area contributed by atoms with E-state index in [2.05, 4.69) is 10.3 Å². The summed E-state index contributed by atoms with van der Waals surface area (Å²) in [4.78, 5) is 14.7. The van der Waals surface area contributed by atoms with Crippen LogP contribution >= 0.6 is 0 Å². The van der Waals surface area contributed by atoms with E-state index >= 15 is 0 Å². The van der Waals surface area contributed by atoms with E-state index < -0.39 is 4.92 Å². The number of ether oxygens (including phenoxy) is 1. The van der Waals surface area contributed by atoms with E-state index in [0.717, 1.165) is 5.69 Å². The van der Waals surface area contributed by atoms with Crippen LogP contribution in [0.3, 0.4) is 0 Å². The van der Waals surface area contributed by atoms with Crippen LogP contribution in [0.5, 0.6) is 5.75 Å². The highest BCUT2D eigenvalue weighted by atomic mass is 16.6. The third-order valence-corrected chi connectivity index (χ3v) is 2.74. The van der Waals surface area contributed by atoms with Crippen molar-refractivity contribution >= 4 is 5.69 Å². The van der Waals surface area contributed by atoms with E-state index in [-0.39, 0.29) is 12.3 Å². The van der Waals surface area contributed by atoms with Gasteiger partial charge in [0.25, 0.3) is 5.69 Å². The molecule has 20 heavy (non-hydrogen) atoms. The highest BCUT2D eigenvalue weighted by Gasteiger charge is 2.12. The van der Waals surface area contributed by atoms with E-state index in [0.29, 0.717) is 17.9 Å². The Morgan fingerprint density at radius 2 is 2.10 bits per heavy atom. The zero-order valence-corrected chi connectivity index (χ0v) is 11.1. The average Bonchev–Trinajstić information content (AvgIpc) is 2.47. The number of nitrogens with one attached hydrogen (secondary N) is 1. The molecule has 1 heterocycles. The van der Waals surface area contributed by atoms with Gasteiger partial charge in [0.2, 0.25) is 0 Å². The minimum Gasteiger partial charge on any atom is -0.487 e. The predicted molar refractivity (Wildman–Crippen MR) is 74.4 cm³/mol. The highest BCUT2D eigenvalue weighted by Crippen LogP contribution is 2.20. The Bertz CT molecular complexity index is 584. The zero-order chi connectivity index (χ0) is 14.4. The van der Waals surface area contributed by atoms with Gasteiger partial charge in [-0.05, 0) is 25.2 Å². The average molecular weight is 273 g/mol. The molecule has 0 aliphatic heterocycles. The quantitative estimate of drug-likeness (QED) is 0.645. The van der Waals surface area contributed by atoms with Gasteiger partial charge in [-0.25, -0.2) is 0 Å². The van der Waals surface area contributed by atoms with Crippen LogP contribution in [-0.2, 0) is 13.2 Å². The SMILES string of the molecule is CNCc1ccc(OCc2ccccc2[N+](=O)[O-])cn1. The Morgan fingerprint density at radius 3 is 2.75 bits per heavy atom. The van der Waals surface area contributed by atoms with E-state index in [1.807, 2.05) is 13.1 Å². The lowest BCUT2D eigenvalue weighted by Crippen LogP contribution is -2.06. The lowest BCUT2D eigenvalue weighted by Gasteiger charge is -2.07. The van der Waals surface area contributed by atoms with E-state index in [4.69, 9.17) is 4.74 Å². The number of benzene rings is 1. The number of nitrogens with zero attached hydrogens (tertiary/aromatic N) is 2. The zero-order valence-electron chi connectivity index (χ0n) is 11.1. The number of nitro benzene ring substituents is 1. The van der Waals surface area contributed by atoms with Crippen LogP contribution in [0.4, 0.5) is 5.69 Å². The fourth-order valence-electron chi connectivity index (χ4n) is 1.75. The van der Waals surface area contributed by atoms with Crippen LogP contribution in [0.2, 0.25) is 0 Å². The van der Waals surface area contributed by atoms with Crippen molar-refractivity contribution in [2.24, 2.45) is 0 Å². The second-order valence-corrected chi connectivity index (χ2v) is 4.19. The smallest absolute Gasteiger partial charge is 0.276 e. The van der Waals surface area contributed by atoms with E-state index in [1.165, 1.54) is 6.07 Å². The molecule has 0 bridgehead atoms. The monoisotopic (exact) mass is 273 g/mol. The first-order valence-electron chi connectivity index (χ1n) is 6.15. The molecule has 0 radical (unpaired) electrons. The van der Waals surface area contributed by atoms with Gasteiger partial charge in [0.15, 0.2) is 0 Å². The van der Waals surface area contributed by atoms with Crippen molar-refractivity contribution in [3.05, 3.63) is 64.0 Å². The number of nitro groups is 1. The van der Waals surface area contributed by atoms with Crippen molar-refractivity contribution in [1.82, 2.24) is 10.3 Å². The molecule has 104 valence electrons. The Balaban J connectivity index is 2.03. The van der Waals surface area contributed by atoms with Crippen molar-refractivity contribution in [2.75, 3.05) is 7.05 Å². The van der Waals surface area contributed by atoms with Crippen LogP contribution in [0, 0.1) is 10.1 Å². The molecule has 0 aliphatic carbocycles. The van der Waals surface area contributed by atoms with Gasteiger partial charge in [0, 0.05) is 12.6 Å². The van der Waals surface area contributed by atoms with Gasteiger partial charge in [-0.2, -0.15) is 0 Å². The summed E-state index contributed by atoms with van der Waals surface area (Å²) in [7, 11) is 1.85. The maximum Gasteiger partial charge on any atom is 0.276 e. The number of hydrogen-bond acceptors (Lipinski definition) is 5. The summed E-state index contributed by atoms with van der Waals surface area (Å²) in [5, 5.41) is 13.9. The molecule has 0 spiro atoms. The van der Waals surface area contributed by atoms with Gasteiger partial charge in [0.05, 0.1) is 22.4 Å². The van der Waals surface area contributed by atoms with Crippen LogP contribution in [-0.4, -0.2) is 17.0 Å². The Kier molecular flexibility index (Phi) is 4.62. The summed E-state index contributed by atoms with van der Waals surface area (Å²) >= 11 is 0. The molecule has 2 rings (SSSR count). The Morgan fingerprint density at radius 1 is 1.30 bits per heavy atom. The second kappa shape index (κ2) is 6.63. The third kappa shape index (κ3) is 3.52. The molecular weight excluding hydrogens is 258 g/mol. The normalized spacial score (nSPS) is 10.2. The van der Waals surface area contributed by atoms with Crippen molar-refractivity contribution in [1.29, 1.82) is 0 Å². The molecule has 0 aliphatic rings. The number of aromatic nitrogens is 1. The van der Waals surface area contributed by atoms with E-state index in [1.54, 1.807) is 30.5 Å². The molecule has 0 atom stereocenters. The first-order valence-corrected chi connectivity index (χ1v) is 6.15. The topological polar surface area (TPSA) is 77.3 Å². The largest absolute Gasteiger partial charge is 0.487 e. The highest BCUT2D eigenvalue weighted by molar-refractivity contribution is 5.39. The van der Waals surface area contributed by atoms with Gasteiger partial charge in [-0.1, -0.05) is 12.1 Å². The van der Waals surface area contributed by atoms with Crippen molar-refractivity contribution in [3.63, 3.8) is 0 Å². The maximum absolute atomic E-state index is 10.9. The third-order valence-electron chi connectivity index (χ3n) is 2.74. The fourth-order valence-corrected chi connectivity index (χ4v) is 1.75. The summed E-state index contributed by atoms with van der Waals surface area (Å²) in [5.41, 5.74) is 1.51. The number of pyridine rings is 1. The molecule has 0 unspecified atom stereocenters. The molecule has 0 saturated heterocycles. The molecule has 0 saturated carbocycles. The molecule has 2 aromatic rings. The van der Waals surface area contributed by atoms with Crippen LogP contribution < -0.4 is 10.1 Å². The lowest BCUT2D eigenvalue weighted by molar-refractivity contribution is -0.385. The van der Waals surface area contributed by atoms with Gasteiger partial charge >= 0.3 is 0 Å². The van der Waals surface area contributed by atoms with Gasteiger partial charge < -0.3 is 10.1 Å². The first kappa shape index (κ1) is 14.0. The number of rotatable bonds is 6. The van der Waals surface area contributed by atoms with Crippen molar-refractivity contribution in [3.8, 4) is 5.75 Å². The van der Waals surface area contributed by atoms with Crippen LogP contribution in [0.15, 0.2) is 42.6 Å². The molecule has 6 heteroatoms. The molecule has 0 amide bonds. The predicted octanol–water partition coefficient (Wildman–Crippen LogP) is 2.29. The minimum absolute atomic E-state index is 0.0623. The van der Waals surface area contributed by atoms with E-state index in [9.17, 15) is 10.1 Å². The standard InChI is InChI=1S/C14H15N3O3/c1-15-8-12-6-7-13(9-16-12)20-10-11-4-2-3-5-14(11)17(18)19/h2-7,9,15H,8,10H2,1H3. The van der Waals surface area contributed by atoms with Crippen molar-refractivity contribution < 1.29 is 9.66 Å². The van der Waals surface area contributed by atoms with Crippen LogP contribution in [0.25, 0.3) is 0 Å². The summed E-state index contributed by atoms with van der Waals surface area (Å²) in [5.74, 6) is 0.586. The number of para-hydroxylation sites is 1. The first-order chi connectivity index (χ1) is 9.70. The molecule has 1 N–H and O–H groups in total. The number of hydrogen-bond donors (Lipinski definition) is 1. The lowest BCUT2D eigenvalue weighted by atomic mass is 10.2. The fraction of sp³-hybridized carbons (Fsp3) is 0.214. The molecule has 6 nitrogen and oxygen atoms in total. The summed E-state index contributed by atoms with van der Waals surface area (Å²) < 4.78 is 5.53. The Hall–Kier alpha value is -2.47. The molecule has 0 fully saturated rings. The summed E-state index contributed by atoms with van der Waals surface area (Å²) in [6.45, 7) is 0.828. The van der Waals surface area contributed by atoms with Crippen molar-refractivity contribution in [2.45, 2.75) is 13.2 Å². The summed E-state index contributed by atoms with van der Waals surface area (Å²) in [6.07, 6.45) is 1.61. The molecular formula is C14H15N3O3. The minimum atomic E-state index is -0.410. The maximum atomic E-state index is 10.9. The van der Waals surface area contributed by atoms with Gasteiger partial charge in [0.1, 0.15) is 12.4 Å². The van der Waals surface area contributed by atoms with Gasteiger partial charge in [-0.15, -0.1) is 0 Å². The molecule has 1 aromatic heterocycles. The summed E-state index contributed by atoms with van der Waals surface area (Å²) in [6, 6.07) is 10.2.